The highest BCUT2D eigenvalue weighted by molar-refractivity contribution is 5.96. The van der Waals surface area contributed by atoms with Gasteiger partial charge in [-0.05, 0) is 32.7 Å². The highest BCUT2D eigenvalue weighted by Gasteiger charge is 2.14. The molecule has 3 N–H and O–H groups in total. The van der Waals surface area contributed by atoms with Gasteiger partial charge in [-0.2, -0.15) is 0 Å². The molecule has 0 rings (SSSR count). The third-order valence-electron chi connectivity index (χ3n) is 2.14. The first-order chi connectivity index (χ1) is 7.47. The van der Waals surface area contributed by atoms with Crippen molar-refractivity contribution in [2.24, 2.45) is 5.92 Å². The van der Waals surface area contributed by atoms with Crippen LogP contribution in [-0.4, -0.2) is 31.1 Å². The topological polar surface area (TPSA) is 70.2 Å². The van der Waals surface area contributed by atoms with E-state index in [1.54, 1.807) is 13.8 Å². The van der Waals surface area contributed by atoms with Gasteiger partial charge in [-0.15, -0.1) is 0 Å². The molecule has 0 aromatic rings. The molecule has 0 fully saturated rings. The van der Waals surface area contributed by atoms with Crippen LogP contribution >= 0.6 is 0 Å². The molecule has 0 aromatic carbocycles. The van der Waals surface area contributed by atoms with Crippen molar-refractivity contribution in [3.8, 4) is 0 Å². The van der Waals surface area contributed by atoms with E-state index in [1.807, 2.05) is 0 Å². The quantitative estimate of drug-likeness (QED) is 0.632. The number of hydrogen-bond acceptors (Lipinski definition) is 3. The Balaban J connectivity index is 3.77. The molecule has 3 amide bonds. The minimum absolute atomic E-state index is 0.297. The number of carbonyl (C=O) groups is 2. The van der Waals surface area contributed by atoms with E-state index in [9.17, 15) is 9.59 Å². The molecule has 0 aliphatic rings. The van der Waals surface area contributed by atoms with Gasteiger partial charge in [0.2, 0.25) is 5.91 Å². The Bertz CT molecular complexity index is 229. The van der Waals surface area contributed by atoms with Gasteiger partial charge in [-0.1, -0.05) is 13.8 Å². The van der Waals surface area contributed by atoms with Gasteiger partial charge in [0.05, 0.1) is 6.04 Å². The molecule has 0 saturated carbocycles. The van der Waals surface area contributed by atoms with Crippen molar-refractivity contribution in [2.45, 2.75) is 40.2 Å². The summed E-state index contributed by atoms with van der Waals surface area (Å²) in [4.78, 5) is 22.5. The molecule has 94 valence electrons. The molecular formula is C11H23N3O2. The third-order valence-corrected chi connectivity index (χ3v) is 2.14. The first-order valence-corrected chi connectivity index (χ1v) is 5.79. The molecule has 1 atom stereocenters. The van der Waals surface area contributed by atoms with Crippen molar-refractivity contribution in [3.05, 3.63) is 0 Å². The van der Waals surface area contributed by atoms with Crippen LogP contribution < -0.4 is 16.0 Å². The molecule has 5 heteroatoms. The second-order valence-corrected chi connectivity index (χ2v) is 4.21. The summed E-state index contributed by atoms with van der Waals surface area (Å²) in [7, 11) is 0. The number of nitrogens with one attached hydrogen (secondary N) is 3. The Morgan fingerprint density at radius 2 is 1.81 bits per heavy atom. The van der Waals surface area contributed by atoms with Crippen molar-refractivity contribution in [1.82, 2.24) is 16.0 Å². The summed E-state index contributed by atoms with van der Waals surface area (Å²) in [6.07, 6.45) is 1.01. The number of urea groups is 1. The van der Waals surface area contributed by atoms with Gasteiger partial charge in [0.25, 0.3) is 0 Å². The maximum absolute atomic E-state index is 11.5. The fraction of sp³-hybridized carbons (Fsp3) is 0.818. The Hall–Kier alpha value is -1.10. The van der Waals surface area contributed by atoms with Gasteiger partial charge in [0.1, 0.15) is 0 Å². The SMILES string of the molecule is CCNC(=O)NC(=O)C(C)NCCC(C)C. The third kappa shape index (κ3) is 7.23. The smallest absolute Gasteiger partial charge is 0.321 e. The molecule has 0 aromatic heterocycles. The minimum atomic E-state index is -0.440. The standard InChI is InChI=1S/C11H23N3O2/c1-5-12-11(16)14-10(15)9(4)13-7-6-8(2)3/h8-9,13H,5-7H2,1-4H3,(H2,12,14,15,16). The van der Waals surface area contributed by atoms with E-state index < -0.39 is 6.03 Å². The molecule has 0 aliphatic carbocycles. The van der Waals surface area contributed by atoms with Crippen molar-refractivity contribution in [3.63, 3.8) is 0 Å². The molecule has 0 bridgehead atoms. The molecule has 0 spiro atoms. The van der Waals surface area contributed by atoms with Gasteiger partial charge >= 0.3 is 6.03 Å². The van der Waals surface area contributed by atoms with Gasteiger partial charge in [-0.25, -0.2) is 4.79 Å². The van der Waals surface area contributed by atoms with Crippen LogP contribution in [0.25, 0.3) is 0 Å². The van der Waals surface area contributed by atoms with Crippen LogP contribution in [-0.2, 0) is 4.79 Å². The molecule has 5 nitrogen and oxygen atoms in total. The predicted octanol–water partition coefficient (Wildman–Crippen LogP) is 0.856. The highest BCUT2D eigenvalue weighted by atomic mass is 16.2. The molecule has 0 aliphatic heterocycles. The zero-order valence-electron chi connectivity index (χ0n) is 10.6. The van der Waals surface area contributed by atoms with Crippen LogP contribution in [0.15, 0.2) is 0 Å². The van der Waals surface area contributed by atoms with Crippen LogP contribution in [0.5, 0.6) is 0 Å². The fourth-order valence-corrected chi connectivity index (χ4v) is 1.11. The van der Waals surface area contributed by atoms with E-state index in [0.717, 1.165) is 13.0 Å². The maximum Gasteiger partial charge on any atom is 0.321 e. The summed E-state index contributed by atoms with van der Waals surface area (Å²) in [5.74, 6) is 0.306. The van der Waals surface area contributed by atoms with E-state index in [2.05, 4.69) is 29.8 Å². The van der Waals surface area contributed by atoms with Gasteiger partial charge < -0.3 is 10.6 Å². The lowest BCUT2D eigenvalue weighted by Crippen LogP contribution is -2.48. The Morgan fingerprint density at radius 1 is 1.19 bits per heavy atom. The van der Waals surface area contributed by atoms with Crippen LogP contribution in [0.3, 0.4) is 0 Å². The molecule has 0 radical (unpaired) electrons. The average Bonchev–Trinajstić information content (AvgIpc) is 2.17. The number of imide groups is 1. The number of amides is 3. The molecule has 16 heavy (non-hydrogen) atoms. The average molecular weight is 229 g/mol. The summed E-state index contributed by atoms with van der Waals surface area (Å²) in [5.41, 5.74) is 0. The van der Waals surface area contributed by atoms with Crippen molar-refractivity contribution in [1.29, 1.82) is 0 Å². The normalized spacial score (nSPS) is 12.3. The lowest BCUT2D eigenvalue weighted by atomic mass is 10.1. The van der Waals surface area contributed by atoms with Crippen molar-refractivity contribution < 1.29 is 9.59 Å². The second-order valence-electron chi connectivity index (χ2n) is 4.21. The summed E-state index contributed by atoms with van der Waals surface area (Å²) in [6, 6.07) is -0.786. The van der Waals surface area contributed by atoms with Crippen LogP contribution in [0, 0.1) is 5.92 Å². The maximum atomic E-state index is 11.5. The number of rotatable bonds is 6. The van der Waals surface area contributed by atoms with Crippen LogP contribution in [0.1, 0.15) is 34.1 Å². The zero-order valence-corrected chi connectivity index (χ0v) is 10.6. The zero-order chi connectivity index (χ0) is 12.6. The van der Waals surface area contributed by atoms with E-state index in [-0.39, 0.29) is 11.9 Å². The van der Waals surface area contributed by atoms with E-state index >= 15 is 0 Å². The lowest BCUT2D eigenvalue weighted by molar-refractivity contribution is -0.121. The van der Waals surface area contributed by atoms with Crippen molar-refractivity contribution in [2.75, 3.05) is 13.1 Å². The monoisotopic (exact) mass is 229 g/mol. The summed E-state index contributed by atoms with van der Waals surface area (Å²) in [6.45, 7) is 9.08. The molecule has 0 heterocycles. The first kappa shape index (κ1) is 14.9. The summed E-state index contributed by atoms with van der Waals surface area (Å²) in [5, 5.41) is 7.84. The molecule has 1 unspecified atom stereocenters. The number of carbonyl (C=O) groups excluding carboxylic acids is 2. The highest BCUT2D eigenvalue weighted by Crippen LogP contribution is 1.97. The van der Waals surface area contributed by atoms with Gasteiger partial charge in [0.15, 0.2) is 0 Å². The Morgan fingerprint density at radius 3 is 2.31 bits per heavy atom. The van der Waals surface area contributed by atoms with E-state index in [4.69, 9.17) is 0 Å². The first-order valence-electron chi connectivity index (χ1n) is 5.79. The predicted molar refractivity (Wildman–Crippen MR) is 64.1 cm³/mol. The second kappa shape index (κ2) is 8.10. The van der Waals surface area contributed by atoms with E-state index in [0.29, 0.717) is 12.5 Å². The van der Waals surface area contributed by atoms with Crippen LogP contribution in [0.2, 0.25) is 0 Å². The molecular weight excluding hydrogens is 206 g/mol. The Kier molecular flexibility index (Phi) is 7.54. The van der Waals surface area contributed by atoms with Crippen molar-refractivity contribution >= 4 is 11.9 Å². The minimum Gasteiger partial charge on any atom is -0.338 e. The van der Waals surface area contributed by atoms with E-state index in [1.165, 1.54) is 0 Å². The largest absolute Gasteiger partial charge is 0.338 e. The Labute approximate surface area is 97.4 Å². The summed E-state index contributed by atoms with van der Waals surface area (Å²) < 4.78 is 0. The van der Waals surface area contributed by atoms with Crippen LogP contribution in [0.4, 0.5) is 4.79 Å². The van der Waals surface area contributed by atoms with Gasteiger partial charge in [0, 0.05) is 6.54 Å². The summed E-state index contributed by atoms with van der Waals surface area (Å²) >= 11 is 0. The fourth-order valence-electron chi connectivity index (χ4n) is 1.11. The molecule has 0 saturated heterocycles. The van der Waals surface area contributed by atoms with Gasteiger partial charge in [-0.3, -0.25) is 10.1 Å². The lowest BCUT2D eigenvalue weighted by Gasteiger charge is -2.14. The number of hydrogen-bond donors (Lipinski definition) is 3.